The topological polar surface area (TPSA) is 49.7 Å². The van der Waals surface area contributed by atoms with Crippen LogP contribution in [-0.4, -0.2) is 48.1 Å². The molecule has 3 nitrogen and oxygen atoms in total. The van der Waals surface area contributed by atoms with Crippen LogP contribution in [0.2, 0.25) is 0 Å². The van der Waals surface area contributed by atoms with Crippen LogP contribution in [0.3, 0.4) is 0 Å². The van der Waals surface area contributed by atoms with Gasteiger partial charge in [0.1, 0.15) is 0 Å². The molecule has 0 aliphatic rings. The molecule has 5 heteroatoms. The highest BCUT2D eigenvalue weighted by molar-refractivity contribution is 8.76. The zero-order valence-corrected chi connectivity index (χ0v) is 7.99. The highest BCUT2D eigenvalue weighted by Crippen LogP contribution is 2.19. The van der Waals surface area contributed by atoms with E-state index in [9.17, 15) is 0 Å². The van der Waals surface area contributed by atoms with Gasteiger partial charge in [0.25, 0.3) is 0 Å². The van der Waals surface area contributed by atoms with E-state index in [0.717, 1.165) is 11.5 Å². The first kappa shape index (κ1) is 11.6. The van der Waals surface area contributed by atoms with E-state index in [4.69, 9.17) is 14.9 Å². The third-order valence-corrected chi connectivity index (χ3v) is 3.15. The molecule has 0 aliphatic heterocycles. The smallest absolute Gasteiger partial charge is 0.0698 e. The van der Waals surface area contributed by atoms with E-state index in [2.05, 4.69) is 0 Å². The molecule has 0 aliphatic carbocycles. The molecule has 0 fully saturated rings. The average Bonchev–Trinajstić information content (AvgIpc) is 2.03. The van der Waals surface area contributed by atoms with Crippen molar-refractivity contribution >= 4 is 21.6 Å². The molecule has 68 valence electrons. The molecule has 0 rings (SSSR count). The van der Waals surface area contributed by atoms with Gasteiger partial charge in [0.2, 0.25) is 0 Å². The number of hydrogen-bond donors (Lipinski definition) is 2. The Morgan fingerprint density at radius 1 is 0.909 bits per heavy atom. The van der Waals surface area contributed by atoms with Crippen LogP contribution in [0.5, 0.6) is 0 Å². The molecule has 0 atom stereocenters. The molecule has 2 N–H and O–H groups in total. The number of ether oxygens (including phenoxy) is 1. The first-order valence-corrected chi connectivity index (χ1v) is 5.94. The Labute approximate surface area is 74.9 Å². The third kappa shape index (κ3) is 10.6. The van der Waals surface area contributed by atoms with Crippen molar-refractivity contribution in [3.63, 3.8) is 0 Å². The SMILES string of the molecule is OCCOCCSSCCO. The lowest BCUT2D eigenvalue weighted by Crippen LogP contribution is -2.01. The maximum atomic E-state index is 8.41. The zero-order valence-electron chi connectivity index (χ0n) is 6.36. The summed E-state index contributed by atoms with van der Waals surface area (Å²) < 4.78 is 5.02. The number of aliphatic hydroxyl groups is 2. The van der Waals surface area contributed by atoms with Crippen LogP contribution in [0.4, 0.5) is 0 Å². The second-order valence-electron chi connectivity index (χ2n) is 1.70. The molecule has 0 radical (unpaired) electrons. The van der Waals surface area contributed by atoms with Crippen molar-refractivity contribution in [1.82, 2.24) is 0 Å². The van der Waals surface area contributed by atoms with E-state index in [0.29, 0.717) is 13.2 Å². The van der Waals surface area contributed by atoms with Gasteiger partial charge in [-0.2, -0.15) is 0 Å². The summed E-state index contributed by atoms with van der Waals surface area (Å²) >= 11 is 0. The summed E-state index contributed by atoms with van der Waals surface area (Å²) in [6.07, 6.45) is 0. The van der Waals surface area contributed by atoms with Crippen LogP contribution in [-0.2, 0) is 4.74 Å². The minimum absolute atomic E-state index is 0.0917. The highest BCUT2D eigenvalue weighted by Gasteiger charge is 1.89. The zero-order chi connectivity index (χ0) is 8.36. The van der Waals surface area contributed by atoms with Gasteiger partial charge < -0.3 is 14.9 Å². The van der Waals surface area contributed by atoms with Crippen molar-refractivity contribution in [3.05, 3.63) is 0 Å². The summed E-state index contributed by atoms with van der Waals surface area (Å²) in [5.41, 5.74) is 0. The van der Waals surface area contributed by atoms with Gasteiger partial charge in [-0.3, -0.25) is 0 Å². The number of aliphatic hydroxyl groups excluding tert-OH is 2. The molecule has 0 heterocycles. The molecule has 0 saturated carbocycles. The van der Waals surface area contributed by atoms with Crippen molar-refractivity contribution in [2.45, 2.75) is 0 Å². The van der Waals surface area contributed by atoms with Crippen LogP contribution in [0.1, 0.15) is 0 Å². The van der Waals surface area contributed by atoms with E-state index >= 15 is 0 Å². The summed E-state index contributed by atoms with van der Waals surface area (Å²) in [6, 6.07) is 0. The first-order valence-electron chi connectivity index (χ1n) is 3.45. The Hall–Kier alpha value is 0.580. The molecule has 0 aromatic rings. The lowest BCUT2D eigenvalue weighted by atomic mass is 10.7. The van der Waals surface area contributed by atoms with E-state index in [-0.39, 0.29) is 13.2 Å². The monoisotopic (exact) mass is 198 g/mol. The molecular formula is C6H14O3S2. The van der Waals surface area contributed by atoms with Crippen LogP contribution in [0.15, 0.2) is 0 Å². The number of rotatable bonds is 8. The Morgan fingerprint density at radius 2 is 1.64 bits per heavy atom. The Bertz CT molecular complexity index is 64.8. The molecule has 0 spiro atoms. The lowest BCUT2D eigenvalue weighted by Gasteiger charge is -2.00. The molecule has 0 aromatic carbocycles. The maximum absolute atomic E-state index is 8.41. The van der Waals surface area contributed by atoms with Crippen LogP contribution in [0, 0.1) is 0 Å². The molecule has 11 heavy (non-hydrogen) atoms. The van der Waals surface area contributed by atoms with Crippen LogP contribution in [0.25, 0.3) is 0 Å². The van der Waals surface area contributed by atoms with Gasteiger partial charge in [-0.05, 0) is 0 Å². The van der Waals surface area contributed by atoms with Crippen LogP contribution >= 0.6 is 21.6 Å². The normalized spacial score (nSPS) is 10.4. The van der Waals surface area contributed by atoms with Crippen LogP contribution < -0.4 is 0 Å². The van der Waals surface area contributed by atoms with E-state index in [1.165, 1.54) is 0 Å². The summed E-state index contributed by atoms with van der Waals surface area (Å²) in [4.78, 5) is 0. The van der Waals surface area contributed by atoms with Gasteiger partial charge in [-0.1, -0.05) is 21.6 Å². The minimum Gasteiger partial charge on any atom is -0.395 e. The lowest BCUT2D eigenvalue weighted by molar-refractivity contribution is 0.103. The first-order chi connectivity index (χ1) is 5.41. The Morgan fingerprint density at radius 3 is 2.27 bits per heavy atom. The van der Waals surface area contributed by atoms with E-state index < -0.39 is 0 Å². The Balaban J connectivity index is 2.69. The molecule has 0 saturated heterocycles. The summed E-state index contributed by atoms with van der Waals surface area (Å²) in [7, 11) is 3.31. The predicted molar refractivity (Wildman–Crippen MR) is 49.9 cm³/mol. The molecule has 0 amide bonds. The van der Waals surface area contributed by atoms with E-state index in [1.807, 2.05) is 0 Å². The maximum Gasteiger partial charge on any atom is 0.0698 e. The minimum atomic E-state index is 0.0917. The highest BCUT2D eigenvalue weighted by atomic mass is 33.1. The third-order valence-electron chi connectivity index (χ3n) is 0.805. The largest absolute Gasteiger partial charge is 0.395 e. The van der Waals surface area contributed by atoms with Crippen molar-refractivity contribution in [3.8, 4) is 0 Å². The quantitative estimate of drug-likeness (QED) is 0.436. The van der Waals surface area contributed by atoms with Crippen molar-refractivity contribution in [2.24, 2.45) is 0 Å². The second kappa shape index (κ2) is 10.6. The molecule has 0 bridgehead atoms. The van der Waals surface area contributed by atoms with Crippen molar-refractivity contribution in [1.29, 1.82) is 0 Å². The van der Waals surface area contributed by atoms with Gasteiger partial charge in [-0.15, -0.1) is 0 Å². The van der Waals surface area contributed by atoms with Gasteiger partial charge >= 0.3 is 0 Å². The second-order valence-corrected chi connectivity index (χ2v) is 4.41. The number of hydrogen-bond acceptors (Lipinski definition) is 5. The van der Waals surface area contributed by atoms with Gasteiger partial charge in [0.05, 0.1) is 26.4 Å². The summed E-state index contributed by atoms with van der Waals surface area (Å²) in [5, 5.41) is 16.7. The fraction of sp³-hybridized carbons (Fsp3) is 1.00. The average molecular weight is 198 g/mol. The molecule has 0 aromatic heterocycles. The van der Waals surface area contributed by atoms with Gasteiger partial charge in [0, 0.05) is 11.5 Å². The molecular weight excluding hydrogens is 184 g/mol. The standard InChI is InChI=1S/C6H14O3S2/c7-1-3-9-4-6-11-10-5-2-8/h7-8H,1-6H2. The fourth-order valence-electron chi connectivity index (χ4n) is 0.415. The van der Waals surface area contributed by atoms with Crippen molar-refractivity contribution < 1.29 is 14.9 Å². The van der Waals surface area contributed by atoms with Gasteiger partial charge in [-0.25, -0.2) is 0 Å². The summed E-state index contributed by atoms with van der Waals surface area (Å²) in [5.74, 6) is 1.68. The predicted octanol–water partition coefficient (Wildman–Crippen LogP) is 0.369. The summed E-state index contributed by atoms with van der Waals surface area (Å²) in [6.45, 7) is 1.42. The fourth-order valence-corrected chi connectivity index (χ4v) is 2.05. The van der Waals surface area contributed by atoms with Gasteiger partial charge in [0.15, 0.2) is 0 Å². The van der Waals surface area contributed by atoms with E-state index in [1.54, 1.807) is 21.6 Å². The van der Waals surface area contributed by atoms with Crippen molar-refractivity contribution in [2.75, 3.05) is 37.9 Å². The molecule has 0 unspecified atom stereocenters. The Kier molecular flexibility index (Phi) is 11.1.